The highest BCUT2D eigenvalue weighted by Gasteiger charge is 2.28. The molecule has 1 saturated heterocycles. The van der Waals surface area contributed by atoms with Crippen LogP contribution in [0.1, 0.15) is 32.9 Å². The van der Waals surface area contributed by atoms with Gasteiger partial charge in [0.25, 0.3) is 5.91 Å². The third-order valence-electron chi connectivity index (χ3n) is 4.01. The van der Waals surface area contributed by atoms with E-state index in [4.69, 9.17) is 0 Å². The Hall–Kier alpha value is -1.46. The number of ketones is 1. The fraction of sp³-hybridized carbons (Fsp3) is 0.294. The van der Waals surface area contributed by atoms with Crippen LogP contribution >= 0.6 is 27.3 Å². The van der Waals surface area contributed by atoms with Gasteiger partial charge in [-0.3, -0.25) is 9.59 Å². The second-order valence-electron chi connectivity index (χ2n) is 5.41. The highest BCUT2D eigenvalue weighted by atomic mass is 79.9. The van der Waals surface area contributed by atoms with Gasteiger partial charge in [-0.1, -0.05) is 22.0 Å². The number of carbonyl (C=O) groups excluding carboxylic acids is 2. The maximum absolute atomic E-state index is 12.4. The number of rotatable bonds is 3. The van der Waals surface area contributed by atoms with Crippen LogP contribution in [-0.2, 0) is 0 Å². The van der Waals surface area contributed by atoms with E-state index in [2.05, 4.69) is 15.9 Å². The minimum atomic E-state index is 0.0487. The number of benzene rings is 1. The molecule has 0 radical (unpaired) electrons. The van der Waals surface area contributed by atoms with Crippen molar-refractivity contribution in [3.05, 3.63) is 56.7 Å². The van der Waals surface area contributed by atoms with Crippen LogP contribution in [-0.4, -0.2) is 29.7 Å². The second-order valence-corrected chi connectivity index (χ2v) is 7.28. The summed E-state index contributed by atoms with van der Waals surface area (Å²) in [4.78, 5) is 27.5. The topological polar surface area (TPSA) is 37.4 Å². The van der Waals surface area contributed by atoms with Crippen molar-refractivity contribution in [2.75, 3.05) is 13.1 Å². The van der Waals surface area contributed by atoms with Crippen LogP contribution in [0.25, 0.3) is 0 Å². The molecule has 5 heteroatoms. The van der Waals surface area contributed by atoms with Crippen LogP contribution in [0.5, 0.6) is 0 Å². The molecule has 0 atom stereocenters. The number of piperidine rings is 1. The smallest absolute Gasteiger partial charge is 0.253 e. The summed E-state index contributed by atoms with van der Waals surface area (Å²) in [5.41, 5.74) is 0.700. The quantitative estimate of drug-likeness (QED) is 0.749. The Kier molecular flexibility index (Phi) is 4.74. The van der Waals surface area contributed by atoms with E-state index in [-0.39, 0.29) is 17.6 Å². The van der Waals surface area contributed by atoms with Gasteiger partial charge in [0, 0.05) is 29.0 Å². The van der Waals surface area contributed by atoms with E-state index in [1.54, 1.807) is 0 Å². The molecule has 0 N–H and O–H groups in total. The van der Waals surface area contributed by atoms with Crippen LogP contribution in [0, 0.1) is 5.92 Å². The number of halogens is 1. The summed E-state index contributed by atoms with van der Waals surface area (Å²) in [6, 6.07) is 11.2. The molecule has 2 aromatic rings. The molecule has 0 aliphatic carbocycles. The molecule has 22 heavy (non-hydrogen) atoms. The number of thiophene rings is 1. The lowest BCUT2D eigenvalue weighted by atomic mass is 9.91. The third kappa shape index (κ3) is 3.31. The number of hydrogen-bond acceptors (Lipinski definition) is 3. The van der Waals surface area contributed by atoms with Gasteiger partial charge >= 0.3 is 0 Å². The molecule has 3 rings (SSSR count). The Labute approximate surface area is 142 Å². The van der Waals surface area contributed by atoms with Crippen molar-refractivity contribution >= 4 is 39.0 Å². The molecule has 1 aliphatic rings. The average molecular weight is 378 g/mol. The van der Waals surface area contributed by atoms with Gasteiger partial charge in [-0.15, -0.1) is 11.3 Å². The predicted molar refractivity (Wildman–Crippen MR) is 91.4 cm³/mol. The van der Waals surface area contributed by atoms with Crippen molar-refractivity contribution in [3.63, 3.8) is 0 Å². The molecule has 1 aromatic carbocycles. The lowest BCUT2D eigenvalue weighted by Gasteiger charge is -2.31. The summed E-state index contributed by atoms with van der Waals surface area (Å²) in [6.45, 7) is 1.30. The molecule has 1 aliphatic heterocycles. The molecule has 114 valence electrons. The first kappa shape index (κ1) is 15.4. The van der Waals surface area contributed by atoms with E-state index < -0.39 is 0 Å². The molecule has 0 bridgehead atoms. The summed E-state index contributed by atoms with van der Waals surface area (Å²) >= 11 is 4.87. The summed E-state index contributed by atoms with van der Waals surface area (Å²) in [6.07, 6.45) is 1.50. The Morgan fingerprint density at radius 3 is 2.36 bits per heavy atom. The van der Waals surface area contributed by atoms with Gasteiger partial charge < -0.3 is 4.90 Å². The van der Waals surface area contributed by atoms with E-state index in [1.165, 1.54) is 11.3 Å². The van der Waals surface area contributed by atoms with Crippen molar-refractivity contribution in [1.82, 2.24) is 4.90 Å². The highest BCUT2D eigenvalue weighted by Crippen LogP contribution is 2.25. The third-order valence-corrected chi connectivity index (χ3v) is 5.42. The Morgan fingerprint density at radius 1 is 1.09 bits per heavy atom. The Balaban J connectivity index is 1.60. The van der Waals surface area contributed by atoms with Gasteiger partial charge in [0.15, 0.2) is 5.78 Å². The van der Waals surface area contributed by atoms with Crippen molar-refractivity contribution in [2.24, 2.45) is 5.92 Å². The molecule has 0 saturated carbocycles. The summed E-state index contributed by atoms with van der Waals surface area (Å²) in [5.74, 6) is 0.327. The standard InChI is InChI=1S/C17H16BrNO2S/c18-14-5-3-13(4-6-14)17(21)19-9-7-12(8-10-19)16(20)15-2-1-11-22-15/h1-6,11-12H,7-10H2. The molecular formula is C17H16BrNO2S. The van der Waals surface area contributed by atoms with Gasteiger partial charge in [0.2, 0.25) is 0 Å². The number of Topliss-reactive ketones (excluding diaryl/α,β-unsaturated/α-hetero) is 1. The van der Waals surface area contributed by atoms with Crippen molar-refractivity contribution in [1.29, 1.82) is 0 Å². The maximum Gasteiger partial charge on any atom is 0.253 e. The van der Waals surface area contributed by atoms with E-state index in [0.29, 0.717) is 18.7 Å². The van der Waals surface area contributed by atoms with E-state index in [0.717, 1.165) is 22.2 Å². The fourth-order valence-corrected chi connectivity index (χ4v) is 3.75. The first-order valence-electron chi connectivity index (χ1n) is 7.27. The second kappa shape index (κ2) is 6.75. The van der Waals surface area contributed by atoms with Crippen LogP contribution in [0.15, 0.2) is 46.3 Å². The number of carbonyl (C=O) groups is 2. The zero-order valence-electron chi connectivity index (χ0n) is 12.0. The summed E-state index contributed by atoms with van der Waals surface area (Å²) in [7, 11) is 0. The average Bonchev–Trinajstić information content (AvgIpc) is 3.09. The normalized spacial score (nSPS) is 15.8. The molecule has 1 aromatic heterocycles. The number of hydrogen-bond donors (Lipinski definition) is 0. The number of nitrogens with zero attached hydrogens (tertiary/aromatic N) is 1. The zero-order valence-corrected chi connectivity index (χ0v) is 14.4. The van der Waals surface area contributed by atoms with Gasteiger partial charge in [0.1, 0.15) is 0 Å². The van der Waals surface area contributed by atoms with Gasteiger partial charge in [-0.25, -0.2) is 0 Å². The first-order valence-corrected chi connectivity index (χ1v) is 8.95. The SMILES string of the molecule is O=C(c1cccs1)C1CCN(C(=O)c2ccc(Br)cc2)CC1. The molecule has 2 heterocycles. The van der Waals surface area contributed by atoms with Crippen LogP contribution < -0.4 is 0 Å². The van der Waals surface area contributed by atoms with Gasteiger partial charge in [-0.2, -0.15) is 0 Å². The molecular weight excluding hydrogens is 362 g/mol. The lowest BCUT2D eigenvalue weighted by molar-refractivity contribution is 0.0651. The van der Waals surface area contributed by atoms with Crippen molar-refractivity contribution in [2.45, 2.75) is 12.8 Å². The molecule has 0 spiro atoms. The largest absolute Gasteiger partial charge is 0.339 e. The molecule has 3 nitrogen and oxygen atoms in total. The zero-order chi connectivity index (χ0) is 15.5. The summed E-state index contributed by atoms with van der Waals surface area (Å²) in [5, 5.41) is 1.93. The van der Waals surface area contributed by atoms with Crippen LogP contribution in [0.4, 0.5) is 0 Å². The molecule has 0 unspecified atom stereocenters. The highest BCUT2D eigenvalue weighted by molar-refractivity contribution is 9.10. The van der Waals surface area contributed by atoms with Gasteiger partial charge in [-0.05, 0) is 48.6 Å². The lowest BCUT2D eigenvalue weighted by Crippen LogP contribution is -2.40. The predicted octanol–water partition coefficient (Wildman–Crippen LogP) is 4.25. The Bertz CT molecular complexity index is 658. The van der Waals surface area contributed by atoms with E-state index in [9.17, 15) is 9.59 Å². The van der Waals surface area contributed by atoms with Crippen molar-refractivity contribution < 1.29 is 9.59 Å². The minimum Gasteiger partial charge on any atom is -0.339 e. The van der Waals surface area contributed by atoms with Crippen LogP contribution in [0.2, 0.25) is 0 Å². The van der Waals surface area contributed by atoms with E-state index in [1.807, 2.05) is 46.7 Å². The molecule has 1 fully saturated rings. The van der Waals surface area contributed by atoms with E-state index >= 15 is 0 Å². The van der Waals surface area contributed by atoms with Crippen LogP contribution in [0.3, 0.4) is 0 Å². The Morgan fingerprint density at radius 2 is 1.77 bits per heavy atom. The number of likely N-dealkylation sites (tertiary alicyclic amines) is 1. The monoisotopic (exact) mass is 377 g/mol. The van der Waals surface area contributed by atoms with Crippen molar-refractivity contribution in [3.8, 4) is 0 Å². The fourth-order valence-electron chi connectivity index (χ4n) is 2.74. The van der Waals surface area contributed by atoms with Gasteiger partial charge in [0.05, 0.1) is 4.88 Å². The maximum atomic E-state index is 12.4. The summed E-state index contributed by atoms with van der Waals surface area (Å²) < 4.78 is 0.962. The first-order chi connectivity index (χ1) is 10.6. The minimum absolute atomic E-state index is 0.0487. The number of amides is 1. The molecule has 1 amide bonds.